The number of sulfonamides is 1. The Morgan fingerprint density at radius 2 is 1.79 bits per heavy atom. The first-order valence-corrected chi connectivity index (χ1v) is 10.4. The van der Waals surface area contributed by atoms with Crippen LogP contribution in [0.1, 0.15) is 5.56 Å². The van der Waals surface area contributed by atoms with Crippen LogP contribution >= 0.6 is 27.7 Å². The van der Waals surface area contributed by atoms with E-state index in [0.717, 1.165) is 14.9 Å². The molecule has 24 heavy (non-hydrogen) atoms. The summed E-state index contributed by atoms with van der Waals surface area (Å²) in [6.07, 6.45) is 0.621. The lowest BCUT2D eigenvalue weighted by atomic mass is 10.1. The molecule has 2 aromatic rings. The van der Waals surface area contributed by atoms with Crippen molar-refractivity contribution < 1.29 is 13.2 Å². The number of rotatable bonds is 7. The van der Waals surface area contributed by atoms with Crippen molar-refractivity contribution >= 4 is 43.6 Å². The molecule has 2 rings (SSSR count). The molecule has 0 aliphatic heterocycles. The Morgan fingerprint density at radius 1 is 1.12 bits per heavy atom. The first-order valence-electron chi connectivity index (χ1n) is 7.12. The number of carbonyl (C=O) groups excluding carboxylic acids is 1. The lowest BCUT2D eigenvalue weighted by Crippen LogP contribution is -2.27. The quantitative estimate of drug-likeness (QED) is 0.662. The molecule has 2 aromatic carbocycles. The van der Waals surface area contributed by atoms with Crippen LogP contribution in [0.3, 0.4) is 0 Å². The van der Waals surface area contributed by atoms with E-state index < -0.39 is 10.0 Å². The standard InChI is InChI=1S/C16H17BrN2O3S2/c17-14-3-1-2-4-15(14)23-11-16(20)19-10-9-12-5-7-13(8-6-12)24(18,21)22/h1-8H,9-11H2,(H,19,20)(H2,18,21,22). The molecule has 0 aromatic heterocycles. The van der Waals surface area contributed by atoms with E-state index in [1.165, 1.54) is 23.9 Å². The Morgan fingerprint density at radius 3 is 2.42 bits per heavy atom. The first kappa shape index (κ1) is 19.0. The maximum absolute atomic E-state index is 11.9. The SMILES string of the molecule is NS(=O)(=O)c1ccc(CCNC(=O)CSc2ccccc2Br)cc1. The molecule has 0 bridgehead atoms. The molecule has 0 heterocycles. The monoisotopic (exact) mass is 428 g/mol. The molecule has 0 radical (unpaired) electrons. The Hall–Kier alpha value is -1.35. The van der Waals surface area contributed by atoms with Crippen molar-refractivity contribution in [2.45, 2.75) is 16.2 Å². The second-order valence-corrected chi connectivity index (χ2v) is 8.44. The summed E-state index contributed by atoms with van der Waals surface area (Å²) in [5.41, 5.74) is 0.932. The van der Waals surface area contributed by atoms with Gasteiger partial charge in [0.1, 0.15) is 0 Å². The number of hydrogen-bond acceptors (Lipinski definition) is 4. The maximum atomic E-state index is 11.9. The van der Waals surface area contributed by atoms with Gasteiger partial charge in [0.15, 0.2) is 0 Å². The molecule has 0 atom stereocenters. The van der Waals surface area contributed by atoms with Gasteiger partial charge in [-0.3, -0.25) is 4.79 Å². The summed E-state index contributed by atoms with van der Waals surface area (Å²) in [5, 5.41) is 7.90. The molecule has 1 amide bonds. The van der Waals surface area contributed by atoms with E-state index in [1.807, 2.05) is 24.3 Å². The summed E-state index contributed by atoms with van der Waals surface area (Å²) >= 11 is 4.91. The fourth-order valence-corrected chi connectivity index (χ4v) is 3.86. The molecule has 128 valence electrons. The van der Waals surface area contributed by atoms with Gasteiger partial charge < -0.3 is 5.32 Å². The lowest BCUT2D eigenvalue weighted by Gasteiger charge is -2.07. The Labute approximate surface area is 154 Å². The summed E-state index contributed by atoms with van der Waals surface area (Å²) in [7, 11) is -3.67. The highest BCUT2D eigenvalue weighted by Crippen LogP contribution is 2.26. The van der Waals surface area contributed by atoms with Gasteiger partial charge in [0.05, 0.1) is 10.6 Å². The second kappa shape index (κ2) is 8.66. The van der Waals surface area contributed by atoms with Gasteiger partial charge in [-0.2, -0.15) is 0 Å². The van der Waals surface area contributed by atoms with Gasteiger partial charge >= 0.3 is 0 Å². The van der Waals surface area contributed by atoms with Gasteiger partial charge in [-0.05, 0) is 52.2 Å². The molecular weight excluding hydrogens is 412 g/mol. The molecule has 3 N–H and O–H groups in total. The molecule has 8 heteroatoms. The zero-order valence-corrected chi connectivity index (χ0v) is 16.0. The smallest absolute Gasteiger partial charge is 0.238 e. The summed E-state index contributed by atoms with van der Waals surface area (Å²) in [6.45, 7) is 0.490. The van der Waals surface area contributed by atoms with Crippen LogP contribution in [-0.2, 0) is 21.2 Å². The van der Waals surface area contributed by atoms with Crippen LogP contribution in [0, 0.1) is 0 Å². The zero-order chi connectivity index (χ0) is 17.6. The van der Waals surface area contributed by atoms with Gasteiger partial charge in [-0.25, -0.2) is 13.6 Å². The van der Waals surface area contributed by atoms with Crippen molar-refractivity contribution in [2.75, 3.05) is 12.3 Å². The molecule has 0 saturated heterocycles. The van der Waals surface area contributed by atoms with E-state index in [0.29, 0.717) is 18.7 Å². The van der Waals surface area contributed by atoms with E-state index in [2.05, 4.69) is 21.2 Å². The van der Waals surface area contributed by atoms with Crippen molar-refractivity contribution in [3.63, 3.8) is 0 Å². The van der Waals surface area contributed by atoms with Crippen molar-refractivity contribution in [1.82, 2.24) is 5.32 Å². The Kier molecular flexibility index (Phi) is 6.85. The zero-order valence-electron chi connectivity index (χ0n) is 12.7. The first-order chi connectivity index (χ1) is 11.4. The maximum Gasteiger partial charge on any atom is 0.238 e. The average molecular weight is 429 g/mol. The predicted molar refractivity (Wildman–Crippen MR) is 99.4 cm³/mol. The number of thioether (sulfide) groups is 1. The lowest BCUT2D eigenvalue weighted by molar-refractivity contribution is -0.118. The Balaban J connectivity index is 1.75. The van der Waals surface area contributed by atoms with Crippen LogP contribution in [0.25, 0.3) is 0 Å². The van der Waals surface area contributed by atoms with Gasteiger partial charge in [0.25, 0.3) is 0 Å². The number of carbonyl (C=O) groups is 1. The summed E-state index contributed by atoms with van der Waals surface area (Å²) < 4.78 is 23.3. The fourth-order valence-electron chi connectivity index (χ4n) is 1.95. The van der Waals surface area contributed by atoms with Gasteiger partial charge in [0.2, 0.25) is 15.9 Å². The highest BCUT2D eigenvalue weighted by Gasteiger charge is 2.07. The number of primary sulfonamides is 1. The van der Waals surface area contributed by atoms with Crippen molar-refractivity contribution in [3.8, 4) is 0 Å². The van der Waals surface area contributed by atoms with Crippen LogP contribution in [0.5, 0.6) is 0 Å². The molecule has 0 spiro atoms. The number of halogens is 1. The summed E-state index contributed by atoms with van der Waals surface area (Å²) in [4.78, 5) is 13.0. The van der Waals surface area contributed by atoms with E-state index in [1.54, 1.807) is 12.1 Å². The van der Waals surface area contributed by atoms with Crippen molar-refractivity contribution in [3.05, 3.63) is 58.6 Å². The normalized spacial score (nSPS) is 11.2. The topological polar surface area (TPSA) is 89.3 Å². The molecule has 0 unspecified atom stereocenters. The van der Waals surface area contributed by atoms with Crippen LogP contribution in [0.2, 0.25) is 0 Å². The molecule has 5 nitrogen and oxygen atoms in total. The number of nitrogens with one attached hydrogen (secondary N) is 1. The Bertz CT molecular complexity index is 808. The highest BCUT2D eigenvalue weighted by molar-refractivity contribution is 9.10. The predicted octanol–water partition coefficient (Wildman–Crippen LogP) is 2.55. The molecule has 0 aliphatic carbocycles. The van der Waals surface area contributed by atoms with Gasteiger partial charge in [-0.15, -0.1) is 11.8 Å². The fraction of sp³-hybridized carbons (Fsp3) is 0.188. The molecule has 0 saturated carbocycles. The largest absolute Gasteiger partial charge is 0.355 e. The van der Waals surface area contributed by atoms with E-state index >= 15 is 0 Å². The minimum Gasteiger partial charge on any atom is -0.355 e. The number of nitrogens with two attached hydrogens (primary N) is 1. The number of benzene rings is 2. The van der Waals surface area contributed by atoms with Gasteiger partial charge in [-0.1, -0.05) is 24.3 Å². The second-order valence-electron chi connectivity index (χ2n) is 5.01. The molecule has 0 aliphatic rings. The number of hydrogen-bond donors (Lipinski definition) is 2. The van der Waals surface area contributed by atoms with Crippen LogP contribution in [0.15, 0.2) is 62.8 Å². The van der Waals surface area contributed by atoms with Gasteiger partial charge in [0, 0.05) is 15.9 Å². The van der Waals surface area contributed by atoms with Crippen LogP contribution in [-0.4, -0.2) is 26.6 Å². The summed E-state index contributed by atoms with van der Waals surface area (Å²) in [5.74, 6) is 0.296. The van der Waals surface area contributed by atoms with E-state index in [-0.39, 0.29) is 10.8 Å². The highest BCUT2D eigenvalue weighted by atomic mass is 79.9. The molecule has 0 fully saturated rings. The van der Waals surface area contributed by atoms with Crippen molar-refractivity contribution in [1.29, 1.82) is 0 Å². The average Bonchev–Trinajstić information content (AvgIpc) is 2.54. The third-order valence-electron chi connectivity index (χ3n) is 3.18. The van der Waals surface area contributed by atoms with Crippen molar-refractivity contribution in [2.24, 2.45) is 5.14 Å². The van der Waals surface area contributed by atoms with Crippen LogP contribution < -0.4 is 10.5 Å². The third-order valence-corrected chi connectivity index (χ3v) is 6.14. The van der Waals surface area contributed by atoms with E-state index in [4.69, 9.17) is 5.14 Å². The van der Waals surface area contributed by atoms with E-state index in [9.17, 15) is 13.2 Å². The summed E-state index contributed by atoms with van der Waals surface area (Å²) in [6, 6.07) is 14.1. The molecular formula is C16H17BrN2O3S2. The third kappa shape index (κ3) is 5.94. The number of amides is 1. The minimum atomic E-state index is -3.67. The minimum absolute atomic E-state index is 0.0445. The van der Waals surface area contributed by atoms with Crippen LogP contribution in [0.4, 0.5) is 0 Å².